The molecule has 1 aliphatic heterocycles. The third-order valence-electron chi connectivity index (χ3n) is 7.62. The number of piperidine rings is 1. The van der Waals surface area contributed by atoms with Crippen molar-refractivity contribution in [3.05, 3.63) is 70.9 Å². The van der Waals surface area contributed by atoms with Gasteiger partial charge in [-0.25, -0.2) is 0 Å². The van der Waals surface area contributed by atoms with Crippen LogP contribution in [0.1, 0.15) is 49.7 Å². The van der Waals surface area contributed by atoms with Gasteiger partial charge in [-0.3, -0.25) is 9.78 Å². The van der Waals surface area contributed by atoms with Crippen LogP contribution in [0.3, 0.4) is 0 Å². The highest BCUT2D eigenvalue weighted by Crippen LogP contribution is 2.32. The number of methoxy groups -OCH3 is 1. The molecule has 5 nitrogen and oxygen atoms in total. The number of pyridine rings is 1. The first kappa shape index (κ1) is 26.4. The van der Waals surface area contributed by atoms with Gasteiger partial charge in [-0.2, -0.15) is 0 Å². The molecule has 2 heterocycles. The second-order valence-electron chi connectivity index (χ2n) is 10.0. The van der Waals surface area contributed by atoms with Gasteiger partial charge in [0.05, 0.1) is 12.6 Å². The molecule has 1 aliphatic rings. The second kappa shape index (κ2) is 13.1. The summed E-state index contributed by atoms with van der Waals surface area (Å²) in [4.78, 5) is 18.4. The molecule has 36 heavy (non-hydrogen) atoms. The van der Waals surface area contributed by atoms with E-state index >= 15 is 0 Å². The van der Waals surface area contributed by atoms with Crippen LogP contribution >= 0.6 is 11.6 Å². The number of hydrogen-bond donors (Lipinski definition) is 1. The lowest BCUT2D eigenvalue weighted by Gasteiger charge is -2.39. The summed E-state index contributed by atoms with van der Waals surface area (Å²) >= 11 is 6.00. The number of likely N-dealkylation sites (tertiary alicyclic amines) is 1. The fraction of sp³-hybridized carbons (Fsp3) is 0.467. The van der Waals surface area contributed by atoms with Crippen LogP contribution < -0.4 is 4.74 Å². The Bertz CT molecular complexity index is 1130. The smallest absolute Gasteiger partial charge is 0.303 e. The van der Waals surface area contributed by atoms with Gasteiger partial charge in [0.1, 0.15) is 5.75 Å². The highest BCUT2D eigenvalue weighted by molar-refractivity contribution is 6.30. The van der Waals surface area contributed by atoms with Crippen molar-refractivity contribution in [2.24, 2.45) is 11.8 Å². The Hall–Kier alpha value is -2.63. The predicted octanol–water partition coefficient (Wildman–Crippen LogP) is 6.66. The van der Waals surface area contributed by atoms with Gasteiger partial charge >= 0.3 is 5.97 Å². The molecule has 1 aromatic heterocycles. The zero-order chi connectivity index (χ0) is 25.3. The second-order valence-corrected chi connectivity index (χ2v) is 10.5. The largest absolute Gasteiger partial charge is 0.497 e. The van der Waals surface area contributed by atoms with E-state index in [-0.39, 0.29) is 6.42 Å². The monoisotopic (exact) mass is 508 g/mol. The van der Waals surface area contributed by atoms with E-state index in [2.05, 4.69) is 34.1 Å². The van der Waals surface area contributed by atoms with Crippen LogP contribution in [0.5, 0.6) is 5.75 Å². The summed E-state index contributed by atoms with van der Waals surface area (Å²) in [5, 5.41) is 11.3. The topological polar surface area (TPSA) is 62.7 Å². The molecule has 2 unspecified atom stereocenters. The van der Waals surface area contributed by atoms with Crippen molar-refractivity contribution in [1.82, 2.24) is 9.88 Å². The summed E-state index contributed by atoms with van der Waals surface area (Å²) in [5.74, 6) is 1.19. The van der Waals surface area contributed by atoms with Crippen LogP contribution in [0.2, 0.25) is 5.02 Å². The van der Waals surface area contributed by atoms with Gasteiger partial charge in [0.2, 0.25) is 0 Å². The van der Waals surface area contributed by atoms with Gasteiger partial charge < -0.3 is 14.7 Å². The lowest BCUT2D eigenvalue weighted by molar-refractivity contribution is -0.137. The Kier molecular flexibility index (Phi) is 9.60. The maximum atomic E-state index is 11.3. The summed E-state index contributed by atoms with van der Waals surface area (Å²) in [5.41, 5.74) is 3.62. The number of rotatable bonds is 12. The zero-order valence-electron chi connectivity index (χ0n) is 21.2. The molecular weight excluding hydrogens is 472 g/mol. The van der Waals surface area contributed by atoms with Crippen molar-refractivity contribution in [2.45, 2.75) is 51.4 Å². The van der Waals surface area contributed by atoms with Crippen LogP contribution in [-0.2, 0) is 17.6 Å². The highest BCUT2D eigenvalue weighted by Gasteiger charge is 2.29. The van der Waals surface area contributed by atoms with E-state index in [9.17, 15) is 9.90 Å². The summed E-state index contributed by atoms with van der Waals surface area (Å²) < 4.78 is 5.42. The number of nitrogens with zero attached hydrogens (tertiary/aromatic N) is 2. The average Bonchev–Trinajstić information content (AvgIpc) is 2.89. The first-order valence-corrected chi connectivity index (χ1v) is 13.5. The maximum absolute atomic E-state index is 11.3. The van der Waals surface area contributed by atoms with Gasteiger partial charge in [-0.15, -0.1) is 0 Å². The Morgan fingerprint density at radius 2 is 1.92 bits per heavy atom. The van der Waals surface area contributed by atoms with E-state index in [1.54, 1.807) is 7.11 Å². The normalized spacial score (nSPS) is 18.4. The number of carbonyl (C=O) groups is 1. The van der Waals surface area contributed by atoms with E-state index in [4.69, 9.17) is 16.3 Å². The third kappa shape index (κ3) is 7.44. The van der Waals surface area contributed by atoms with E-state index in [1.807, 2.05) is 30.5 Å². The number of aliphatic carboxylic acids is 1. The summed E-state index contributed by atoms with van der Waals surface area (Å²) in [6, 6.07) is 16.3. The fourth-order valence-corrected chi connectivity index (χ4v) is 5.74. The number of fused-ring (bicyclic) bond motifs is 1. The summed E-state index contributed by atoms with van der Waals surface area (Å²) in [7, 11) is 1.69. The molecule has 1 saturated heterocycles. The molecule has 2 aromatic carbocycles. The number of aromatic nitrogens is 1. The van der Waals surface area contributed by atoms with Crippen molar-refractivity contribution in [3.63, 3.8) is 0 Å². The minimum atomic E-state index is -0.689. The Balaban J connectivity index is 1.31. The third-order valence-corrected chi connectivity index (χ3v) is 7.87. The van der Waals surface area contributed by atoms with Gasteiger partial charge in [-0.05, 0) is 117 Å². The minimum Gasteiger partial charge on any atom is -0.497 e. The molecule has 0 saturated carbocycles. The van der Waals surface area contributed by atoms with Crippen molar-refractivity contribution in [3.8, 4) is 5.75 Å². The number of carboxylic acids is 1. The van der Waals surface area contributed by atoms with E-state index in [1.165, 1.54) is 11.1 Å². The molecule has 0 radical (unpaired) electrons. The van der Waals surface area contributed by atoms with Crippen molar-refractivity contribution in [1.29, 1.82) is 0 Å². The van der Waals surface area contributed by atoms with Crippen LogP contribution in [0.25, 0.3) is 10.9 Å². The van der Waals surface area contributed by atoms with Crippen molar-refractivity contribution < 1.29 is 14.6 Å². The molecule has 0 bridgehead atoms. The molecule has 0 aliphatic carbocycles. The van der Waals surface area contributed by atoms with Crippen LogP contribution in [0.15, 0.2) is 54.7 Å². The van der Waals surface area contributed by atoms with Crippen LogP contribution in [-0.4, -0.2) is 47.7 Å². The van der Waals surface area contributed by atoms with Crippen LogP contribution in [0, 0.1) is 11.8 Å². The number of aryl methyl sites for hydroxylation is 2. The number of carboxylic acid groups (broad SMARTS) is 1. The SMILES string of the molecule is COc1ccc2nccc(CCCC3CCN(CCCc4ccc(Cl)cc4)CC3CCC(=O)O)c2c1. The van der Waals surface area contributed by atoms with Gasteiger partial charge in [0.15, 0.2) is 0 Å². The van der Waals surface area contributed by atoms with E-state index < -0.39 is 5.97 Å². The molecule has 0 spiro atoms. The highest BCUT2D eigenvalue weighted by atomic mass is 35.5. The van der Waals surface area contributed by atoms with Gasteiger partial charge in [0.25, 0.3) is 0 Å². The lowest BCUT2D eigenvalue weighted by Crippen LogP contribution is -2.41. The first-order chi connectivity index (χ1) is 17.5. The standard InChI is InChI=1S/C30H37ClN2O3/c1-36-27-12-13-29-28(20-27)24(15-17-32-29)6-2-5-23-16-19-33(21-25(23)9-14-30(34)35)18-3-4-22-7-10-26(31)11-8-22/h7-8,10-13,15,17,20,23,25H,2-6,9,14,16,18-19,21H2,1H3,(H,34,35). The number of benzene rings is 2. The van der Waals surface area contributed by atoms with Gasteiger partial charge in [0, 0.05) is 29.6 Å². The quantitative estimate of drug-likeness (QED) is 0.296. The molecule has 6 heteroatoms. The van der Waals surface area contributed by atoms with E-state index in [0.717, 1.165) is 86.3 Å². The number of hydrogen-bond acceptors (Lipinski definition) is 4. The predicted molar refractivity (Wildman–Crippen MR) is 146 cm³/mol. The molecule has 4 rings (SSSR count). The molecular formula is C30H37ClN2O3. The number of ether oxygens (including phenoxy) is 1. The Morgan fingerprint density at radius 1 is 1.08 bits per heavy atom. The average molecular weight is 509 g/mol. The molecule has 1 fully saturated rings. The van der Waals surface area contributed by atoms with E-state index in [0.29, 0.717) is 11.8 Å². The molecule has 0 amide bonds. The Morgan fingerprint density at radius 3 is 2.69 bits per heavy atom. The van der Waals surface area contributed by atoms with Gasteiger partial charge in [-0.1, -0.05) is 23.7 Å². The van der Waals surface area contributed by atoms with Crippen molar-refractivity contribution >= 4 is 28.5 Å². The van der Waals surface area contributed by atoms with Crippen LogP contribution in [0.4, 0.5) is 0 Å². The zero-order valence-corrected chi connectivity index (χ0v) is 21.9. The molecule has 3 aromatic rings. The summed E-state index contributed by atoms with van der Waals surface area (Å²) in [6.45, 7) is 3.17. The van der Waals surface area contributed by atoms with Crippen molar-refractivity contribution in [2.75, 3.05) is 26.7 Å². The summed E-state index contributed by atoms with van der Waals surface area (Å²) in [6.07, 6.45) is 9.45. The molecule has 1 N–H and O–H groups in total. The minimum absolute atomic E-state index is 0.259. The molecule has 192 valence electrons. The number of halogens is 1. The first-order valence-electron chi connectivity index (χ1n) is 13.1. The molecule has 2 atom stereocenters. The Labute approximate surface area is 219 Å². The lowest BCUT2D eigenvalue weighted by atomic mass is 9.79. The maximum Gasteiger partial charge on any atom is 0.303 e. The fourth-order valence-electron chi connectivity index (χ4n) is 5.61.